The number of benzene rings is 1. The van der Waals surface area contributed by atoms with Crippen molar-refractivity contribution >= 4 is 5.97 Å². The van der Waals surface area contributed by atoms with E-state index >= 15 is 0 Å². The van der Waals surface area contributed by atoms with Gasteiger partial charge < -0.3 is 9.47 Å². The van der Waals surface area contributed by atoms with Gasteiger partial charge in [-0.2, -0.15) is 4.98 Å². The molecule has 0 amide bonds. The lowest BCUT2D eigenvalue weighted by Crippen LogP contribution is -2.09. The van der Waals surface area contributed by atoms with Crippen LogP contribution in [0, 0.1) is 6.92 Å². The van der Waals surface area contributed by atoms with Crippen molar-refractivity contribution in [3.63, 3.8) is 0 Å². The summed E-state index contributed by atoms with van der Waals surface area (Å²) < 4.78 is 11.0. The van der Waals surface area contributed by atoms with Crippen molar-refractivity contribution in [3.05, 3.63) is 66.1 Å². The first kappa shape index (κ1) is 16.6. The Kier molecular flexibility index (Phi) is 4.99. The molecule has 0 spiro atoms. The number of rotatable bonds is 5. The first-order valence-corrected chi connectivity index (χ1v) is 7.87. The van der Waals surface area contributed by atoms with Crippen molar-refractivity contribution in [2.45, 2.75) is 13.8 Å². The molecule has 0 bridgehead atoms. The second-order valence-corrected chi connectivity index (χ2v) is 5.24. The molecular formula is C19H17N3O3. The summed E-state index contributed by atoms with van der Waals surface area (Å²) in [5.74, 6) is 0.702. The summed E-state index contributed by atoms with van der Waals surface area (Å²) in [4.78, 5) is 24.9. The normalized spacial score (nSPS) is 10.3. The van der Waals surface area contributed by atoms with Gasteiger partial charge in [-0.05, 0) is 37.6 Å². The van der Waals surface area contributed by atoms with Crippen molar-refractivity contribution in [2.75, 3.05) is 6.61 Å². The van der Waals surface area contributed by atoms with Crippen molar-refractivity contribution in [1.29, 1.82) is 0 Å². The Balaban J connectivity index is 2.04. The number of para-hydroxylation sites is 1. The van der Waals surface area contributed by atoms with Gasteiger partial charge in [0.05, 0.1) is 6.61 Å². The third kappa shape index (κ3) is 3.80. The van der Waals surface area contributed by atoms with Crippen LogP contribution in [0.15, 0.2) is 55.0 Å². The topological polar surface area (TPSA) is 74.2 Å². The summed E-state index contributed by atoms with van der Waals surface area (Å²) in [5.41, 5.74) is 1.89. The van der Waals surface area contributed by atoms with Gasteiger partial charge in [-0.15, -0.1) is 0 Å². The van der Waals surface area contributed by atoms with Gasteiger partial charge in [-0.3, -0.25) is 4.98 Å². The highest BCUT2D eigenvalue weighted by molar-refractivity contribution is 5.91. The number of esters is 1. The fraction of sp³-hybridized carbons (Fsp3) is 0.158. The Morgan fingerprint density at radius 3 is 2.60 bits per heavy atom. The van der Waals surface area contributed by atoms with Crippen LogP contribution >= 0.6 is 0 Å². The average molecular weight is 335 g/mol. The highest BCUT2D eigenvalue weighted by atomic mass is 16.5. The summed E-state index contributed by atoms with van der Waals surface area (Å²) in [6, 6.07) is 11.1. The van der Waals surface area contributed by atoms with Crippen molar-refractivity contribution in [1.82, 2.24) is 15.0 Å². The molecule has 6 heteroatoms. The van der Waals surface area contributed by atoms with Crippen molar-refractivity contribution < 1.29 is 14.3 Å². The highest BCUT2D eigenvalue weighted by Gasteiger charge is 2.19. The minimum Gasteiger partial charge on any atom is -0.462 e. The van der Waals surface area contributed by atoms with Crippen molar-refractivity contribution in [3.8, 4) is 23.0 Å². The van der Waals surface area contributed by atoms with Crippen LogP contribution in [-0.4, -0.2) is 27.5 Å². The van der Waals surface area contributed by atoms with Gasteiger partial charge in [0.2, 0.25) is 5.88 Å². The fourth-order valence-corrected chi connectivity index (χ4v) is 2.21. The van der Waals surface area contributed by atoms with Gasteiger partial charge in [0.1, 0.15) is 11.3 Å². The summed E-state index contributed by atoms with van der Waals surface area (Å²) in [6.45, 7) is 3.92. The zero-order chi connectivity index (χ0) is 17.6. The Bertz CT molecular complexity index is 882. The molecule has 0 fully saturated rings. The molecule has 0 saturated heterocycles. The lowest BCUT2D eigenvalue weighted by Gasteiger charge is -2.12. The molecule has 3 rings (SSSR count). The Hall–Kier alpha value is -3.28. The minimum absolute atomic E-state index is 0.162. The molecule has 0 aliphatic rings. The predicted octanol–water partition coefficient (Wildman–Crippen LogP) is 3.82. The zero-order valence-electron chi connectivity index (χ0n) is 14.0. The molecule has 2 heterocycles. The number of aryl methyl sites for hydroxylation is 1. The summed E-state index contributed by atoms with van der Waals surface area (Å²) >= 11 is 0. The van der Waals surface area contributed by atoms with E-state index in [0.29, 0.717) is 11.6 Å². The van der Waals surface area contributed by atoms with E-state index in [4.69, 9.17) is 9.47 Å². The molecule has 0 saturated carbocycles. The van der Waals surface area contributed by atoms with Gasteiger partial charge >= 0.3 is 5.97 Å². The zero-order valence-corrected chi connectivity index (χ0v) is 14.0. The summed E-state index contributed by atoms with van der Waals surface area (Å²) in [5, 5.41) is 0. The third-order valence-electron chi connectivity index (χ3n) is 3.49. The quantitative estimate of drug-likeness (QED) is 0.660. The standard InChI is InChI=1S/C19H17N3O3/c1-3-24-19(23)15-12-21-17(14-8-10-20-11-9-14)22-18(15)25-16-7-5-4-6-13(16)2/h4-12H,3H2,1-2H3. The Morgan fingerprint density at radius 2 is 1.88 bits per heavy atom. The lowest BCUT2D eigenvalue weighted by molar-refractivity contribution is 0.0522. The van der Waals surface area contributed by atoms with E-state index in [2.05, 4.69) is 15.0 Å². The lowest BCUT2D eigenvalue weighted by atomic mass is 10.2. The highest BCUT2D eigenvalue weighted by Crippen LogP contribution is 2.28. The third-order valence-corrected chi connectivity index (χ3v) is 3.49. The Labute approximate surface area is 145 Å². The number of ether oxygens (including phenoxy) is 2. The number of aromatic nitrogens is 3. The summed E-state index contributed by atoms with van der Waals surface area (Å²) in [7, 11) is 0. The maximum atomic E-state index is 12.2. The molecule has 0 N–H and O–H groups in total. The maximum Gasteiger partial charge on any atom is 0.345 e. The largest absolute Gasteiger partial charge is 0.462 e. The van der Waals surface area contributed by atoms with Crippen LogP contribution in [0.2, 0.25) is 0 Å². The van der Waals surface area contributed by atoms with Gasteiger partial charge in [0, 0.05) is 24.2 Å². The van der Waals surface area contributed by atoms with Crippen LogP contribution < -0.4 is 4.74 Å². The number of pyridine rings is 1. The number of hydrogen-bond acceptors (Lipinski definition) is 6. The van der Waals surface area contributed by atoms with E-state index in [0.717, 1.165) is 11.1 Å². The first-order chi connectivity index (χ1) is 12.2. The van der Waals surface area contributed by atoms with Crippen LogP contribution in [0.5, 0.6) is 11.6 Å². The number of carbonyl (C=O) groups is 1. The molecule has 2 aromatic heterocycles. The molecule has 25 heavy (non-hydrogen) atoms. The van der Waals surface area contributed by atoms with E-state index in [1.54, 1.807) is 31.5 Å². The van der Waals surface area contributed by atoms with E-state index in [-0.39, 0.29) is 18.1 Å². The van der Waals surface area contributed by atoms with E-state index in [1.165, 1.54) is 6.20 Å². The second kappa shape index (κ2) is 7.53. The number of carbonyl (C=O) groups excluding carboxylic acids is 1. The maximum absolute atomic E-state index is 12.2. The molecule has 3 aromatic rings. The average Bonchev–Trinajstić information content (AvgIpc) is 2.64. The molecule has 0 atom stereocenters. The SMILES string of the molecule is CCOC(=O)c1cnc(-c2ccncc2)nc1Oc1ccccc1C. The number of nitrogens with zero attached hydrogens (tertiary/aromatic N) is 3. The monoisotopic (exact) mass is 335 g/mol. The van der Waals surface area contributed by atoms with Crippen LogP contribution in [0.3, 0.4) is 0 Å². The van der Waals surface area contributed by atoms with Crippen LogP contribution in [0.1, 0.15) is 22.8 Å². The van der Waals surface area contributed by atoms with Gasteiger partial charge in [0.15, 0.2) is 5.82 Å². The fourth-order valence-electron chi connectivity index (χ4n) is 2.21. The smallest absolute Gasteiger partial charge is 0.345 e. The van der Waals surface area contributed by atoms with Gasteiger partial charge in [0.25, 0.3) is 0 Å². The molecule has 0 aliphatic heterocycles. The van der Waals surface area contributed by atoms with Gasteiger partial charge in [-0.1, -0.05) is 18.2 Å². The minimum atomic E-state index is -0.521. The molecule has 0 aliphatic carbocycles. The van der Waals surface area contributed by atoms with Crippen LogP contribution in [-0.2, 0) is 4.74 Å². The summed E-state index contributed by atoms with van der Waals surface area (Å²) in [6.07, 6.45) is 4.73. The molecule has 126 valence electrons. The number of hydrogen-bond donors (Lipinski definition) is 0. The van der Waals surface area contributed by atoms with Crippen LogP contribution in [0.25, 0.3) is 11.4 Å². The first-order valence-electron chi connectivity index (χ1n) is 7.87. The second-order valence-electron chi connectivity index (χ2n) is 5.24. The van der Waals surface area contributed by atoms with Crippen molar-refractivity contribution in [2.24, 2.45) is 0 Å². The van der Waals surface area contributed by atoms with Gasteiger partial charge in [-0.25, -0.2) is 9.78 Å². The molecule has 6 nitrogen and oxygen atoms in total. The van der Waals surface area contributed by atoms with E-state index in [9.17, 15) is 4.79 Å². The predicted molar refractivity (Wildman–Crippen MR) is 92.5 cm³/mol. The molecular weight excluding hydrogens is 318 g/mol. The van der Waals surface area contributed by atoms with E-state index < -0.39 is 5.97 Å². The Morgan fingerprint density at radius 1 is 1.12 bits per heavy atom. The molecule has 0 unspecified atom stereocenters. The molecule has 0 radical (unpaired) electrons. The van der Waals surface area contributed by atoms with E-state index in [1.807, 2.05) is 31.2 Å². The molecule has 1 aromatic carbocycles. The van der Waals surface area contributed by atoms with Crippen LogP contribution in [0.4, 0.5) is 0 Å².